The van der Waals surface area contributed by atoms with Gasteiger partial charge < -0.3 is 9.64 Å². The molecule has 0 spiro atoms. The Morgan fingerprint density at radius 1 is 1.39 bits per heavy atom. The number of nitrogens with zero attached hydrogens (tertiary/aromatic N) is 1. The van der Waals surface area contributed by atoms with Gasteiger partial charge in [-0.25, -0.2) is 0 Å². The Balaban J connectivity index is 2.01. The van der Waals surface area contributed by atoms with E-state index in [0.717, 1.165) is 25.9 Å². The van der Waals surface area contributed by atoms with Crippen LogP contribution in [0.25, 0.3) is 0 Å². The summed E-state index contributed by atoms with van der Waals surface area (Å²) in [5, 5.41) is 0. The standard InChI is InChI=1S/C15H19NO2/c1-12(2)18-15(17)13-7-6-10-16(11-13)14-8-4-3-5-9-14/h3-5,8-9,13H,1,6-7,10-11H2,2H3. The van der Waals surface area contributed by atoms with Crippen molar-refractivity contribution in [2.45, 2.75) is 19.8 Å². The molecule has 18 heavy (non-hydrogen) atoms. The van der Waals surface area contributed by atoms with Gasteiger partial charge in [0.15, 0.2) is 0 Å². The number of esters is 1. The SMILES string of the molecule is C=C(C)OC(=O)C1CCCN(c2ccccc2)C1. The molecule has 1 saturated heterocycles. The van der Waals surface area contributed by atoms with Crippen molar-refractivity contribution in [1.82, 2.24) is 0 Å². The zero-order valence-electron chi connectivity index (χ0n) is 10.8. The Hall–Kier alpha value is -1.77. The third-order valence-corrected chi connectivity index (χ3v) is 3.15. The van der Waals surface area contributed by atoms with Crippen LogP contribution in [0.4, 0.5) is 5.69 Å². The van der Waals surface area contributed by atoms with Gasteiger partial charge in [0.2, 0.25) is 0 Å². The number of ether oxygens (including phenoxy) is 1. The molecule has 0 bridgehead atoms. The molecule has 1 atom stereocenters. The number of carbonyl (C=O) groups excluding carboxylic acids is 1. The van der Waals surface area contributed by atoms with E-state index >= 15 is 0 Å². The first-order chi connectivity index (χ1) is 8.66. The van der Waals surface area contributed by atoms with Crippen LogP contribution in [0.1, 0.15) is 19.8 Å². The van der Waals surface area contributed by atoms with E-state index in [0.29, 0.717) is 5.76 Å². The summed E-state index contributed by atoms with van der Waals surface area (Å²) in [4.78, 5) is 14.1. The molecular weight excluding hydrogens is 226 g/mol. The summed E-state index contributed by atoms with van der Waals surface area (Å²) in [6, 6.07) is 10.2. The fourth-order valence-corrected chi connectivity index (χ4v) is 2.30. The fraction of sp³-hybridized carbons (Fsp3) is 0.400. The van der Waals surface area contributed by atoms with Crippen molar-refractivity contribution < 1.29 is 9.53 Å². The van der Waals surface area contributed by atoms with Crippen molar-refractivity contribution >= 4 is 11.7 Å². The number of hydrogen-bond donors (Lipinski definition) is 0. The molecule has 0 saturated carbocycles. The molecule has 1 aromatic carbocycles. The first-order valence-electron chi connectivity index (χ1n) is 6.34. The molecule has 1 heterocycles. The molecule has 1 unspecified atom stereocenters. The Labute approximate surface area is 108 Å². The van der Waals surface area contributed by atoms with Gasteiger partial charge in [0, 0.05) is 18.8 Å². The topological polar surface area (TPSA) is 29.5 Å². The molecule has 0 aromatic heterocycles. The maximum atomic E-state index is 11.9. The van der Waals surface area contributed by atoms with E-state index in [4.69, 9.17) is 4.74 Å². The summed E-state index contributed by atoms with van der Waals surface area (Å²) < 4.78 is 5.11. The van der Waals surface area contributed by atoms with Crippen LogP contribution in [0.2, 0.25) is 0 Å². The largest absolute Gasteiger partial charge is 0.432 e. The second-order valence-electron chi connectivity index (χ2n) is 4.74. The van der Waals surface area contributed by atoms with Gasteiger partial charge in [-0.3, -0.25) is 4.79 Å². The predicted molar refractivity (Wildman–Crippen MR) is 72.3 cm³/mol. The maximum Gasteiger partial charge on any atom is 0.315 e. The van der Waals surface area contributed by atoms with Gasteiger partial charge >= 0.3 is 5.97 Å². The number of carbonyl (C=O) groups is 1. The summed E-state index contributed by atoms with van der Waals surface area (Å²) in [6.07, 6.45) is 1.92. The quantitative estimate of drug-likeness (QED) is 0.605. The summed E-state index contributed by atoms with van der Waals surface area (Å²) in [5.41, 5.74) is 1.17. The van der Waals surface area contributed by atoms with E-state index in [1.54, 1.807) is 6.92 Å². The molecule has 1 aromatic rings. The monoisotopic (exact) mass is 245 g/mol. The van der Waals surface area contributed by atoms with E-state index in [1.807, 2.05) is 18.2 Å². The van der Waals surface area contributed by atoms with Crippen molar-refractivity contribution in [1.29, 1.82) is 0 Å². The maximum absolute atomic E-state index is 11.9. The van der Waals surface area contributed by atoms with Gasteiger partial charge in [-0.15, -0.1) is 0 Å². The molecule has 3 heteroatoms. The Kier molecular flexibility index (Phi) is 4.03. The smallest absolute Gasteiger partial charge is 0.315 e. The van der Waals surface area contributed by atoms with Gasteiger partial charge in [-0.05, 0) is 31.9 Å². The van der Waals surface area contributed by atoms with Crippen LogP contribution >= 0.6 is 0 Å². The van der Waals surface area contributed by atoms with E-state index in [-0.39, 0.29) is 11.9 Å². The summed E-state index contributed by atoms with van der Waals surface area (Å²) in [6.45, 7) is 7.05. The van der Waals surface area contributed by atoms with Crippen molar-refractivity contribution in [3.63, 3.8) is 0 Å². The average molecular weight is 245 g/mol. The lowest BCUT2D eigenvalue weighted by Crippen LogP contribution is -2.39. The van der Waals surface area contributed by atoms with E-state index < -0.39 is 0 Å². The molecule has 0 radical (unpaired) electrons. The van der Waals surface area contributed by atoms with Gasteiger partial charge in [-0.2, -0.15) is 0 Å². The van der Waals surface area contributed by atoms with Gasteiger partial charge in [0.05, 0.1) is 11.7 Å². The lowest BCUT2D eigenvalue weighted by Gasteiger charge is -2.33. The van der Waals surface area contributed by atoms with E-state index in [2.05, 4.69) is 23.6 Å². The summed E-state index contributed by atoms with van der Waals surface area (Å²) in [5.74, 6) is 0.274. The molecule has 96 valence electrons. The van der Waals surface area contributed by atoms with Gasteiger partial charge in [0.25, 0.3) is 0 Å². The highest BCUT2D eigenvalue weighted by atomic mass is 16.5. The van der Waals surface area contributed by atoms with Crippen molar-refractivity contribution in [3.05, 3.63) is 42.7 Å². The van der Waals surface area contributed by atoms with Gasteiger partial charge in [-0.1, -0.05) is 24.8 Å². The zero-order valence-corrected chi connectivity index (χ0v) is 10.8. The number of rotatable bonds is 3. The van der Waals surface area contributed by atoms with Crippen LogP contribution in [0.5, 0.6) is 0 Å². The third-order valence-electron chi connectivity index (χ3n) is 3.15. The molecule has 2 rings (SSSR count). The molecule has 1 aliphatic rings. The van der Waals surface area contributed by atoms with Crippen molar-refractivity contribution in [2.75, 3.05) is 18.0 Å². The second-order valence-corrected chi connectivity index (χ2v) is 4.74. The highest BCUT2D eigenvalue weighted by molar-refractivity contribution is 5.74. The minimum atomic E-state index is -0.150. The van der Waals surface area contributed by atoms with Crippen molar-refractivity contribution in [3.8, 4) is 0 Å². The first kappa shape index (κ1) is 12.7. The number of allylic oxidation sites excluding steroid dienone is 1. The number of benzene rings is 1. The molecule has 0 N–H and O–H groups in total. The predicted octanol–water partition coefficient (Wildman–Crippen LogP) is 2.98. The molecular formula is C15H19NO2. The van der Waals surface area contributed by atoms with Gasteiger partial charge in [0.1, 0.15) is 0 Å². The van der Waals surface area contributed by atoms with Crippen molar-refractivity contribution in [2.24, 2.45) is 5.92 Å². The van der Waals surface area contributed by atoms with Crippen LogP contribution < -0.4 is 4.90 Å². The fourth-order valence-electron chi connectivity index (χ4n) is 2.30. The number of hydrogen-bond acceptors (Lipinski definition) is 3. The number of anilines is 1. The van der Waals surface area contributed by atoms with E-state index in [1.165, 1.54) is 5.69 Å². The summed E-state index contributed by atoms with van der Waals surface area (Å²) >= 11 is 0. The normalized spacial score (nSPS) is 19.4. The molecule has 3 nitrogen and oxygen atoms in total. The molecule has 1 aliphatic heterocycles. The highest BCUT2D eigenvalue weighted by Crippen LogP contribution is 2.24. The second kappa shape index (κ2) is 5.71. The summed E-state index contributed by atoms with van der Waals surface area (Å²) in [7, 11) is 0. The minimum Gasteiger partial charge on any atom is -0.432 e. The lowest BCUT2D eigenvalue weighted by molar-refractivity contribution is -0.144. The van der Waals surface area contributed by atoms with Crippen LogP contribution in [0.15, 0.2) is 42.7 Å². The zero-order chi connectivity index (χ0) is 13.0. The van der Waals surface area contributed by atoms with E-state index in [9.17, 15) is 4.79 Å². The minimum absolute atomic E-state index is 0.0457. The first-order valence-corrected chi connectivity index (χ1v) is 6.34. The highest BCUT2D eigenvalue weighted by Gasteiger charge is 2.27. The Bertz CT molecular complexity index is 427. The number of para-hydroxylation sites is 1. The molecule has 0 aliphatic carbocycles. The van der Waals surface area contributed by atoms with Crippen LogP contribution in [-0.2, 0) is 9.53 Å². The van der Waals surface area contributed by atoms with Crippen LogP contribution in [0.3, 0.4) is 0 Å². The third kappa shape index (κ3) is 3.13. The average Bonchev–Trinajstić information content (AvgIpc) is 2.39. The number of piperidine rings is 1. The van der Waals surface area contributed by atoms with Crippen LogP contribution in [0, 0.1) is 5.92 Å². The Morgan fingerprint density at radius 2 is 2.11 bits per heavy atom. The van der Waals surface area contributed by atoms with Crippen LogP contribution in [-0.4, -0.2) is 19.1 Å². The molecule has 1 fully saturated rings. The molecule has 0 amide bonds. The lowest BCUT2D eigenvalue weighted by atomic mass is 9.97. The Morgan fingerprint density at radius 3 is 2.78 bits per heavy atom.